The van der Waals surface area contributed by atoms with E-state index in [9.17, 15) is 8.78 Å². The third-order valence-electron chi connectivity index (χ3n) is 1.63. The Morgan fingerprint density at radius 2 is 2.00 bits per heavy atom. The molecule has 0 aromatic heterocycles. The van der Waals surface area contributed by atoms with Crippen molar-refractivity contribution in [1.82, 2.24) is 0 Å². The van der Waals surface area contributed by atoms with Crippen molar-refractivity contribution in [3.05, 3.63) is 33.8 Å². The van der Waals surface area contributed by atoms with Gasteiger partial charge in [-0.25, -0.2) is 8.78 Å². The molecule has 1 nitrogen and oxygen atoms in total. The highest BCUT2D eigenvalue weighted by Crippen LogP contribution is 2.36. The van der Waals surface area contributed by atoms with E-state index in [4.69, 9.17) is 28.5 Å². The molecule has 14 heavy (non-hydrogen) atoms. The summed E-state index contributed by atoms with van der Waals surface area (Å²) in [6, 6.07) is 5.07. The summed E-state index contributed by atoms with van der Waals surface area (Å²) in [6.45, 7) is 0. The fraction of sp³-hybridized carbons (Fsp3) is 0.222. The third-order valence-corrected chi connectivity index (χ3v) is 2.17. The SMILES string of the molecule is N#CCC(F)(F)c1ccc(Cl)cc1Cl. The molecule has 5 heteroatoms. The van der Waals surface area contributed by atoms with Gasteiger partial charge < -0.3 is 0 Å². The first-order valence-corrected chi connectivity index (χ1v) is 4.43. The predicted octanol–water partition coefficient (Wildman–Crippen LogP) is 4.00. The van der Waals surface area contributed by atoms with Gasteiger partial charge in [-0.2, -0.15) is 5.26 Å². The average Bonchev–Trinajstić information content (AvgIpc) is 2.02. The van der Waals surface area contributed by atoms with E-state index in [0.29, 0.717) is 0 Å². The van der Waals surface area contributed by atoms with Gasteiger partial charge in [-0.1, -0.05) is 29.3 Å². The molecule has 0 aliphatic heterocycles. The Labute approximate surface area is 89.9 Å². The van der Waals surface area contributed by atoms with Crippen molar-refractivity contribution in [2.45, 2.75) is 12.3 Å². The zero-order chi connectivity index (χ0) is 10.8. The standard InChI is InChI=1S/C9H5Cl2F2N/c10-6-1-2-7(8(11)5-6)9(12,13)3-4-14/h1-2,5H,3H2. The first-order chi connectivity index (χ1) is 6.47. The van der Waals surface area contributed by atoms with Gasteiger partial charge in [0.2, 0.25) is 0 Å². The van der Waals surface area contributed by atoms with Gasteiger partial charge >= 0.3 is 0 Å². The highest BCUT2D eigenvalue weighted by Gasteiger charge is 2.33. The highest BCUT2D eigenvalue weighted by molar-refractivity contribution is 6.35. The van der Waals surface area contributed by atoms with Crippen LogP contribution in [0, 0.1) is 11.3 Å². The van der Waals surface area contributed by atoms with Crippen LogP contribution in [0.25, 0.3) is 0 Å². The van der Waals surface area contributed by atoms with Crippen molar-refractivity contribution in [2.75, 3.05) is 0 Å². The zero-order valence-electron chi connectivity index (χ0n) is 6.90. The van der Waals surface area contributed by atoms with Gasteiger partial charge in [0, 0.05) is 10.6 Å². The molecule has 1 rings (SSSR count). The molecule has 0 heterocycles. The quantitative estimate of drug-likeness (QED) is 0.761. The van der Waals surface area contributed by atoms with Gasteiger partial charge in [-0.3, -0.25) is 0 Å². The third kappa shape index (κ3) is 2.34. The number of halogens is 4. The van der Waals surface area contributed by atoms with Crippen molar-refractivity contribution >= 4 is 23.2 Å². The molecule has 0 bridgehead atoms. The van der Waals surface area contributed by atoms with Crippen LogP contribution in [-0.4, -0.2) is 0 Å². The molecule has 0 saturated heterocycles. The van der Waals surface area contributed by atoms with Crippen LogP contribution in [0.3, 0.4) is 0 Å². The molecular formula is C9H5Cl2F2N. The minimum absolute atomic E-state index is 0.127. The van der Waals surface area contributed by atoms with Gasteiger partial charge in [0.15, 0.2) is 0 Å². The van der Waals surface area contributed by atoms with Crippen LogP contribution in [0.4, 0.5) is 8.78 Å². The predicted molar refractivity (Wildman–Crippen MR) is 50.6 cm³/mol. The first-order valence-electron chi connectivity index (χ1n) is 3.67. The molecule has 0 amide bonds. The molecule has 74 valence electrons. The minimum Gasteiger partial charge on any atom is -0.200 e. The second kappa shape index (κ2) is 4.12. The largest absolute Gasteiger partial charge is 0.287 e. The maximum Gasteiger partial charge on any atom is 0.287 e. The number of rotatable bonds is 2. The number of hydrogen-bond donors (Lipinski definition) is 0. The number of nitriles is 1. The minimum atomic E-state index is -3.23. The Balaban J connectivity index is 3.14. The van der Waals surface area contributed by atoms with Crippen molar-refractivity contribution in [1.29, 1.82) is 5.26 Å². The molecule has 1 aromatic rings. The van der Waals surface area contributed by atoms with Gasteiger partial charge in [-0.05, 0) is 12.1 Å². The van der Waals surface area contributed by atoms with Gasteiger partial charge in [0.1, 0.15) is 6.42 Å². The van der Waals surface area contributed by atoms with Crippen molar-refractivity contribution in [3.8, 4) is 6.07 Å². The number of hydrogen-bond acceptors (Lipinski definition) is 1. The molecule has 0 spiro atoms. The van der Waals surface area contributed by atoms with Crippen LogP contribution in [-0.2, 0) is 5.92 Å². The van der Waals surface area contributed by atoms with Crippen LogP contribution in [0.5, 0.6) is 0 Å². The van der Waals surface area contributed by atoms with Crippen LogP contribution in [0.2, 0.25) is 10.0 Å². The van der Waals surface area contributed by atoms with Crippen molar-refractivity contribution < 1.29 is 8.78 Å². The van der Waals surface area contributed by atoms with Gasteiger partial charge in [-0.15, -0.1) is 0 Å². The van der Waals surface area contributed by atoms with Crippen LogP contribution in [0.1, 0.15) is 12.0 Å². The first kappa shape index (κ1) is 11.2. The van der Waals surface area contributed by atoms with E-state index in [1.165, 1.54) is 18.2 Å². The topological polar surface area (TPSA) is 23.8 Å². The lowest BCUT2D eigenvalue weighted by Gasteiger charge is -2.14. The summed E-state index contributed by atoms with van der Waals surface area (Å²) in [4.78, 5) is 0. The lowest BCUT2D eigenvalue weighted by molar-refractivity contribution is 0.00107. The van der Waals surface area contributed by atoms with Crippen molar-refractivity contribution in [3.63, 3.8) is 0 Å². The van der Waals surface area contributed by atoms with E-state index in [-0.39, 0.29) is 15.6 Å². The Morgan fingerprint density at radius 3 is 2.50 bits per heavy atom. The summed E-state index contributed by atoms with van der Waals surface area (Å²) in [5.41, 5.74) is -0.370. The summed E-state index contributed by atoms with van der Waals surface area (Å²) in [6.07, 6.45) is -0.894. The van der Waals surface area contributed by atoms with E-state index in [0.717, 1.165) is 6.07 Å². The van der Waals surface area contributed by atoms with E-state index in [1.54, 1.807) is 0 Å². The Hall–Kier alpha value is -0.850. The monoisotopic (exact) mass is 235 g/mol. The summed E-state index contributed by atoms with van der Waals surface area (Å²) in [5.74, 6) is -3.23. The second-order valence-corrected chi connectivity index (χ2v) is 3.51. The van der Waals surface area contributed by atoms with Crippen LogP contribution < -0.4 is 0 Å². The van der Waals surface area contributed by atoms with Crippen LogP contribution in [0.15, 0.2) is 18.2 Å². The Kier molecular flexibility index (Phi) is 3.30. The lowest BCUT2D eigenvalue weighted by Crippen LogP contribution is -2.12. The van der Waals surface area contributed by atoms with E-state index >= 15 is 0 Å². The summed E-state index contributed by atoms with van der Waals surface area (Å²) < 4.78 is 26.4. The maximum atomic E-state index is 13.2. The Morgan fingerprint density at radius 1 is 1.36 bits per heavy atom. The molecule has 0 N–H and O–H groups in total. The molecular weight excluding hydrogens is 231 g/mol. The summed E-state index contributed by atoms with van der Waals surface area (Å²) >= 11 is 11.1. The van der Waals surface area contributed by atoms with Gasteiger partial charge in [0.25, 0.3) is 5.92 Å². The lowest BCUT2D eigenvalue weighted by atomic mass is 10.1. The normalized spacial score (nSPS) is 11.1. The molecule has 0 fully saturated rings. The molecule has 0 unspecified atom stereocenters. The number of nitrogens with zero attached hydrogens (tertiary/aromatic N) is 1. The maximum absolute atomic E-state index is 13.2. The zero-order valence-corrected chi connectivity index (χ0v) is 8.41. The second-order valence-electron chi connectivity index (χ2n) is 2.66. The molecule has 0 atom stereocenters. The van der Waals surface area contributed by atoms with E-state index in [1.807, 2.05) is 0 Å². The average molecular weight is 236 g/mol. The Bertz CT molecular complexity index is 385. The number of alkyl halides is 2. The smallest absolute Gasteiger partial charge is 0.200 e. The number of benzene rings is 1. The van der Waals surface area contributed by atoms with Crippen LogP contribution >= 0.6 is 23.2 Å². The highest BCUT2D eigenvalue weighted by atomic mass is 35.5. The molecule has 1 aromatic carbocycles. The fourth-order valence-electron chi connectivity index (χ4n) is 0.981. The molecule has 0 saturated carbocycles. The van der Waals surface area contributed by atoms with Crippen molar-refractivity contribution in [2.24, 2.45) is 0 Å². The van der Waals surface area contributed by atoms with E-state index < -0.39 is 12.3 Å². The van der Waals surface area contributed by atoms with E-state index in [2.05, 4.69) is 0 Å². The summed E-state index contributed by atoms with van der Waals surface area (Å²) in [5, 5.41) is 8.37. The summed E-state index contributed by atoms with van der Waals surface area (Å²) in [7, 11) is 0. The molecule has 0 radical (unpaired) electrons. The molecule has 0 aliphatic carbocycles. The molecule has 0 aliphatic rings. The van der Waals surface area contributed by atoms with Gasteiger partial charge in [0.05, 0.1) is 11.1 Å². The fourth-order valence-corrected chi connectivity index (χ4v) is 1.53.